The van der Waals surface area contributed by atoms with Gasteiger partial charge in [-0.25, -0.2) is 0 Å². The molecule has 10 heteroatoms. The Morgan fingerprint density at radius 3 is 2.74 bits per heavy atom. The number of aryl methyl sites for hydroxylation is 1. The Labute approximate surface area is 214 Å². The van der Waals surface area contributed by atoms with Gasteiger partial charge in [-0.1, -0.05) is 48.0 Å². The predicted octanol–water partition coefficient (Wildman–Crippen LogP) is 6.40. The normalized spacial score (nSPS) is 10.7. The van der Waals surface area contributed by atoms with Gasteiger partial charge in [0.05, 0.1) is 15.9 Å². The highest BCUT2D eigenvalue weighted by Gasteiger charge is 2.16. The lowest BCUT2D eigenvalue weighted by Crippen LogP contribution is -2.13. The van der Waals surface area contributed by atoms with Crippen LogP contribution in [0.25, 0.3) is 0 Å². The summed E-state index contributed by atoms with van der Waals surface area (Å²) in [6.45, 7) is 2.30. The zero-order chi connectivity index (χ0) is 24.9. The van der Waals surface area contributed by atoms with Gasteiger partial charge in [-0.2, -0.15) is 5.10 Å². The fourth-order valence-electron chi connectivity index (χ4n) is 3.40. The average Bonchev–Trinajstić information content (AvgIpc) is 3.18. The van der Waals surface area contributed by atoms with E-state index >= 15 is 0 Å². The third-order valence-corrected chi connectivity index (χ3v) is 6.08. The van der Waals surface area contributed by atoms with Crippen molar-refractivity contribution in [2.75, 3.05) is 5.32 Å². The molecule has 0 fully saturated rings. The number of halogens is 2. The molecule has 8 nitrogen and oxygen atoms in total. The van der Waals surface area contributed by atoms with Gasteiger partial charge in [-0.15, -0.1) is 0 Å². The van der Waals surface area contributed by atoms with E-state index in [1.54, 1.807) is 54.2 Å². The van der Waals surface area contributed by atoms with Gasteiger partial charge in [0.15, 0.2) is 11.6 Å². The highest BCUT2D eigenvalue weighted by molar-refractivity contribution is 9.10. The second-order valence-electron chi connectivity index (χ2n) is 7.79. The molecule has 1 amide bonds. The van der Waals surface area contributed by atoms with Gasteiger partial charge in [-0.3, -0.25) is 19.6 Å². The molecule has 0 unspecified atom stereocenters. The maximum atomic E-state index is 12.9. The van der Waals surface area contributed by atoms with Crippen LogP contribution in [-0.2, 0) is 13.2 Å². The van der Waals surface area contributed by atoms with Crippen molar-refractivity contribution in [1.29, 1.82) is 0 Å². The number of hydrogen-bond donors (Lipinski definition) is 1. The Hall–Kier alpha value is -3.69. The molecule has 0 aliphatic rings. The van der Waals surface area contributed by atoms with Gasteiger partial charge >= 0.3 is 5.69 Å². The number of nitro groups is 1. The quantitative estimate of drug-likeness (QED) is 0.200. The lowest BCUT2D eigenvalue weighted by atomic mass is 10.1. The molecule has 178 valence electrons. The fraction of sp³-hybridized carbons (Fsp3) is 0.120. The number of benzene rings is 3. The van der Waals surface area contributed by atoms with E-state index in [0.29, 0.717) is 33.0 Å². The van der Waals surface area contributed by atoms with Crippen LogP contribution in [0.4, 0.5) is 11.5 Å². The van der Waals surface area contributed by atoms with Gasteiger partial charge in [0.1, 0.15) is 6.61 Å². The summed E-state index contributed by atoms with van der Waals surface area (Å²) in [4.78, 5) is 23.7. The smallest absolute Gasteiger partial charge is 0.311 e. The highest BCUT2D eigenvalue weighted by atomic mass is 79.9. The molecule has 1 heterocycles. The van der Waals surface area contributed by atoms with E-state index in [4.69, 9.17) is 16.3 Å². The summed E-state index contributed by atoms with van der Waals surface area (Å²) in [5, 5.41) is 19.2. The Morgan fingerprint density at radius 1 is 1.17 bits per heavy atom. The number of ether oxygens (including phenoxy) is 1. The van der Waals surface area contributed by atoms with E-state index in [1.807, 2.05) is 24.3 Å². The Bertz CT molecular complexity index is 1410. The number of carbonyl (C=O) groups is 1. The zero-order valence-electron chi connectivity index (χ0n) is 18.6. The predicted molar refractivity (Wildman–Crippen MR) is 137 cm³/mol. The van der Waals surface area contributed by atoms with Crippen LogP contribution < -0.4 is 10.1 Å². The third-order valence-electron chi connectivity index (χ3n) is 5.13. The van der Waals surface area contributed by atoms with Crippen LogP contribution in [0, 0.1) is 17.0 Å². The van der Waals surface area contributed by atoms with Crippen molar-refractivity contribution in [1.82, 2.24) is 9.78 Å². The first-order valence-electron chi connectivity index (χ1n) is 10.5. The van der Waals surface area contributed by atoms with E-state index in [-0.39, 0.29) is 24.0 Å². The van der Waals surface area contributed by atoms with Crippen molar-refractivity contribution >= 4 is 44.9 Å². The Kier molecular flexibility index (Phi) is 7.48. The number of carbonyl (C=O) groups excluding carboxylic acids is 1. The summed E-state index contributed by atoms with van der Waals surface area (Å²) in [6, 6.07) is 19.1. The minimum Gasteiger partial charge on any atom is -0.482 e. The number of nitrogens with zero attached hydrogens (tertiary/aromatic N) is 3. The number of aromatic nitrogens is 2. The van der Waals surface area contributed by atoms with E-state index in [2.05, 4.69) is 26.3 Å². The maximum Gasteiger partial charge on any atom is 0.311 e. The molecule has 1 N–H and O–H groups in total. The number of hydrogen-bond acceptors (Lipinski definition) is 5. The molecule has 0 aliphatic carbocycles. The molecule has 4 aromatic rings. The van der Waals surface area contributed by atoms with Crippen LogP contribution in [-0.4, -0.2) is 20.6 Å². The molecule has 0 radical (unpaired) electrons. The van der Waals surface area contributed by atoms with Crippen LogP contribution in [0.5, 0.6) is 5.75 Å². The maximum absolute atomic E-state index is 12.9. The lowest BCUT2D eigenvalue weighted by molar-refractivity contribution is -0.386. The number of anilines is 1. The van der Waals surface area contributed by atoms with Gasteiger partial charge < -0.3 is 10.1 Å². The van der Waals surface area contributed by atoms with Crippen molar-refractivity contribution in [3.63, 3.8) is 0 Å². The van der Waals surface area contributed by atoms with Crippen LogP contribution in [0.1, 0.15) is 27.0 Å². The first-order valence-corrected chi connectivity index (χ1v) is 11.7. The average molecular weight is 556 g/mol. The molecule has 35 heavy (non-hydrogen) atoms. The monoisotopic (exact) mass is 554 g/mol. The van der Waals surface area contributed by atoms with Crippen LogP contribution in [0.15, 0.2) is 77.4 Å². The van der Waals surface area contributed by atoms with Gasteiger partial charge in [0.25, 0.3) is 5.91 Å². The summed E-state index contributed by atoms with van der Waals surface area (Å²) >= 11 is 9.66. The summed E-state index contributed by atoms with van der Waals surface area (Å²) in [6.07, 6.45) is 1.76. The van der Waals surface area contributed by atoms with Crippen molar-refractivity contribution in [3.05, 3.63) is 115 Å². The van der Waals surface area contributed by atoms with E-state index < -0.39 is 4.92 Å². The molecule has 0 spiro atoms. The second-order valence-corrected chi connectivity index (χ2v) is 9.05. The molecule has 0 saturated heterocycles. The van der Waals surface area contributed by atoms with Crippen LogP contribution in [0.3, 0.4) is 0 Å². The number of amides is 1. The van der Waals surface area contributed by atoms with E-state index in [9.17, 15) is 14.9 Å². The molecule has 0 aliphatic heterocycles. The third kappa shape index (κ3) is 6.06. The summed E-state index contributed by atoms with van der Waals surface area (Å²) in [7, 11) is 0. The minimum atomic E-state index is -0.477. The molecule has 0 atom stereocenters. The molecule has 4 rings (SSSR count). The highest BCUT2D eigenvalue weighted by Crippen LogP contribution is 2.29. The standard InChI is InChI=1S/C25H20BrClN4O4/c1-16-9-10-23(22(11-16)31(33)34)35-15-17-5-4-7-18(12-17)25(32)28-24-20(26)14-30(29-24)13-19-6-2-3-8-21(19)27/h2-12,14H,13,15H2,1H3,(H,28,29,32). The molecule has 3 aromatic carbocycles. The number of nitrogens with one attached hydrogen (secondary N) is 1. The van der Waals surface area contributed by atoms with E-state index in [1.165, 1.54) is 6.07 Å². The number of rotatable bonds is 8. The minimum absolute atomic E-state index is 0.0706. The van der Waals surface area contributed by atoms with Gasteiger partial charge in [-0.05, 0) is 63.8 Å². The fourth-order valence-corrected chi connectivity index (χ4v) is 4.01. The first kappa shape index (κ1) is 24.4. The molecule has 0 bridgehead atoms. The summed E-state index contributed by atoms with van der Waals surface area (Å²) < 4.78 is 7.98. The van der Waals surface area contributed by atoms with Crippen molar-refractivity contribution in [2.24, 2.45) is 0 Å². The summed E-state index contributed by atoms with van der Waals surface area (Å²) in [5.74, 6) is 0.194. The second kappa shape index (κ2) is 10.7. The summed E-state index contributed by atoms with van der Waals surface area (Å²) in [5.41, 5.74) is 2.66. The lowest BCUT2D eigenvalue weighted by Gasteiger charge is -2.09. The van der Waals surface area contributed by atoms with Crippen molar-refractivity contribution < 1.29 is 14.5 Å². The molecular weight excluding hydrogens is 536 g/mol. The zero-order valence-corrected chi connectivity index (χ0v) is 20.9. The SMILES string of the molecule is Cc1ccc(OCc2cccc(C(=O)Nc3nn(Cc4ccccc4Cl)cc3Br)c2)c([N+](=O)[O-])c1. The van der Waals surface area contributed by atoms with Gasteiger partial charge in [0.2, 0.25) is 0 Å². The first-order chi connectivity index (χ1) is 16.8. The molecule has 0 saturated carbocycles. The Balaban J connectivity index is 1.44. The largest absolute Gasteiger partial charge is 0.482 e. The van der Waals surface area contributed by atoms with Crippen molar-refractivity contribution in [3.8, 4) is 5.75 Å². The van der Waals surface area contributed by atoms with Crippen LogP contribution >= 0.6 is 27.5 Å². The molecule has 1 aromatic heterocycles. The Morgan fingerprint density at radius 2 is 1.97 bits per heavy atom. The number of nitro benzene ring substituents is 1. The molecular formula is C25H20BrClN4O4. The van der Waals surface area contributed by atoms with Crippen LogP contribution in [0.2, 0.25) is 5.02 Å². The topological polar surface area (TPSA) is 99.3 Å². The van der Waals surface area contributed by atoms with E-state index in [0.717, 1.165) is 11.1 Å². The van der Waals surface area contributed by atoms with Gasteiger partial charge in [0, 0.05) is 22.8 Å². The van der Waals surface area contributed by atoms with Crippen molar-refractivity contribution in [2.45, 2.75) is 20.1 Å².